The molecule has 0 saturated heterocycles. The lowest BCUT2D eigenvalue weighted by atomic mass is 10.1. The molecule has 0 aliphatic carbocycles. The Morgan fingerprint density at radius 1 is 1.50 bits per heavy atom. The molecular formula is C14H19BrN2O3. The van der Waals surface area contributed by atoms with E-state index in [1.54, 1.807) is 6.07 Å². The first-order chi connectivity index (χ1) is 9.40. The van der Waals surface area contributed by atoms with Crippen LogP contribution in [0.2, 0.25) is 0 Å². The van der Waals surface area contributed by atoms with Crippen molar-refractivity contribution >= 4 is 33.2 Å². The number of amides is 1. The highest BCUT2D eigenvalue weighted by molar-refractivity contribution is 9.10. The van der Waals surface area contributed by atoms with Crippen molar-refractivity contribution in [1.82, 2.24) is 0 Å². The van der Waals surface area contributed by atoms with E-state index < -0.39 is 6.10 Å². The van der Waals surface area contributed by atoms with E-state index in [-0.39, 0.29) is 12.0 Å². The molecule has 5 nitrogen and oxygen atoms in total. The van der Waals surface area contributed by atoms with Crippen LogP contribution >= 0.6 is 15.9 Å². The Morgan fingerprint density at radius 2 is 2.20 bits per heavy atom. The van der Waals surface area contributed by atoms with Crippen LogP contribution in [0.3, 0.4) is 0 Å². The lowest BCUT2D eigenvalue weighted by Crippen LogP contribution is -2.24. The topological polar surface area (TPSA) is 61.8 Å². The van der Waals surface area contributed by atoms with Crippen molar-refractivity contribution in [2.75, 3.05) is 30.4 Å². The number of likely N-dealkylation sites (N-methyl/N-ethyl adjacent to an activating group) is 1. The molecule has 0 saturated carbocycles. The number of ether oxygens (including phenoxy) is 1. The number of aliphatic hydroxyl groups is 1. The number of nitrogens with zero attached hydrogens (tertiary/aromatic N) is 1. The fourth-order valence-corrected chi connectivity index (χ4v) is 2.76. The third-order valence-electron chi connectivity index (χ3n) is 3.21. The predicted molar refractivity (Wildman–Crippen MR) is 82.1 cm³/mol. The van der Waals surface area contributed by atoms with Gasteiger partial charge in [-0.25, -0.2) is 0 Å². The highest BCUT2D eigenvalue weighted by Gasteiger charge is 2.29. The maximum absolute atomic E-state index is 11.5. The summed E-state index contributed by atoms with van der Waals surface area (Å²) in [5.74, 6) is -0.380. The molecule has 2 N–H and O–H groups in total. The van der Waals surface area contributed by atoms with E-state index in [1.165, 1.54) is 0 Å². The normalized spacial score (nSPS) is 17.3. The van der Waals surface area contributed by atoms with Gasteiger partial charge in [-0.1, -0.05) is 0 Å². The fraction of sp³-hybridized carbons (Fsp3) is 0.500. The van der Waals surface area contributed by atoms with E-state index in [0.717, 1.165) is 16.7 Å². The van der Waals surface area contributed by atoms with Gasteiger partial charge in [0, 0.05) is 29.3 Å². The standard InChI is InChI=1S/C14H19BrN2O3/c1-8(2)20-5-4-17(3)12-7-11-9(6-10(12)15)13(18)14(19)16-11/h6-8,13,18H,4-5H2,1-3H3,(H,16,19). The van der Waals surface area contributed by atoms with Gasteiger partial charge in [-0.3, -0.25) is 4.79 Å². The highest BCUT2D eigenvalue weighted by atomic mass is 79.9. The molecule has 1 aromatic carbocycles. The SMILES string of the molecule is CC(C)OCCN(C)c1cc2c(cc1Br)C(O)C(=O)N2. The number of benzene rings is 1. The maximum atomic E-state index is 11.5. The average molecular weight is 343 g/mol. The molecule has 2 rings (SSSR count). The smallest absolute Gasteiger partial charge is 0.257 e. The molecule has 6 heteroatoms. The zero-order valence-electron chi connectivity index (χ0n) is 11.8. The Hall–Kier alpha value is -1.11. The Morgan fingerprint density at radius 3 is 2.85 bits per heavy atom. The molecule has 0 bridgehead atoms. The molecule has 1 aliphatic heterocycles. The zero-order valence-corrected chi connectivity index (χ0v) is 13.4. The fourth-order valence-electron chi connectivity index (χ4n) is 2.09. The number of aliphatic hydroxyl groups excluding tert-OH is 1. The van der Waals surface area contributed by atoms with Gasteiger partial charge in [0.1, 0.15) is 0 Å². The summed E-state index contributed by atoms with van der Waals surface area (Å²) < 4.78 is 6.38. The summed E-state index contributed by atoms with van der Waals surface area (Å²) >= 11 is 3.49. The van der Waals surface area contributed by atoms with Crippen molar-refractivity contribution in [3.05, 3.63) is 22.2 Å². The summed E-state index contributed by atoms with van der Waals surface area (Å²) in [6.45, 7) is 5.38. The minimum atomic E-state index is -1.08. The van der Waals surface area contributed by atoms with E-state index in [1.807, 2.05) is 31.9 Å². The molecule has 0 radical (unpaired) electrons. The molecule has 1 amide bonds. The van der Waals surface area contributed by atoms with E-state index in [2.05, 4.69) is 21.2 Å². The summed E-state index contributed by atoms with van der Waals surface area (Å²) in [7, 11) is 1.96. The monoisotopic (exact) mass is 342 g/mol. The van der Waals surface area contributed by atoms with Crippen LogP contribution in [0.15, 0.2) is 16.6 Å². The minimum Gasteiger partial charge on any atom is -0.378 e. The third kappa shape index (κ3) is 3.13. The number of carbonyl (C=O) groups excluding carboxylic acids is 1. The van der Waals surface area contributed by atoms with Gasteiger partial charge in [0.05, 0.1) is 18.4 Å². The van der Waals surface area contributed by atoms with Crippen LogP contribution < -0.4 is 10.2 Å². The summed E-state index contributed by atoms with van der Waals surface area (Å²) in [6, 6.07) is 3.65. The Balaban J connectivity index is 2.13. The van der Waals surface area contributed by atoms with Gasteiger partial charge >= 0.3 is 0 Å². The minimum absolute atomic E-state index is 0.210. The number of carbonyl (C=O) groups is 1. The van der Waals surface area contributed by atoms with Crippen molar-refractivity contribution in [3.63, 3.8) is 0 Å². The van der Waals surface area contributed by atoms with Crippen molar-refractivity contribution in [2.24, 2.45) is 0 Å². The van der Waals surface area contributed by atoms with Gasteiger partial charge in [-0.05, 0) is 41.9 Å². The van der Waals surface area contributed by atoms with Crippen LogP contribution in [0.1, 0.15) is 25.5 Å². The van der Waals surface area contributed by atoms with Crippen LogP contribution in [0.4, 0.5) is 11.4 Å². The van der Waals surface area contributed by atoms with Gasteiger partial charge in [0.15, 0.2) is 6.10 Å². The quantitative estimate of drug-likeness (QED) is 0.861. The first-order valence-corrected chi connectivity index (χ1v) is 7.34. The highest BCUT2D eigenvalue weighted by Crippen LogP contribution is 2.38. The number of fused-ring (bicyclic) bond motifs is 1. The number of hydrogen-bond acceptors (Lipinski definition) is 4. The van der Waals surface area contributed by atoms with Crippen LogP contribution in [0.25, 0.3) is 0 Å². The van der Waals surface area contributed by atoms with E-state index >= 15 is 0 Å². The van der Waals surface area contributed by atoms with Crippen LogP contribution in [-0.2, 0) is 9.53 Å². The number of hydrogen-bond donors (Lipinski definition) is 2. The van der Waals surface area contributed by atoms with Gasteiger partial charge in [0.25, 0.3) is 5.91 Å². The second kappa shape index (κ2) is 6.11. The summed E-state index contributed by atoms with van der Waals surface area (Å²) in [5, 5.41) is 12.4. The molecule has 1 heterocycles. The molecule has 1 atom stereocenters. The molecule has 110 valence electrons. The number of nitrogens with one attached hydrogen (secondary N) is 1. The third-order valence-corrected chi connectivity index (χ3v) is 3.84. The zero-order chi connectivity index (χ0) is 14.9. The van der Waals surface area contributed by atoms with Gasteiger partial charge in [-0.15, -0.1) is 0 Å². The first kappa shape index (κ1) is 15.3. The maximum Gasteiger partial charge on any atom is 0.257 e. The van der Waals surface area contributed by atoms with Gasteiger partial charge in [-0.2, -0.15) is 0 Å². The summed E-state index contributed by atoms with van der Waals surface area (Å²) in [4.78, 5) is 13.5. The molecule has 0 aromatic heterocycles. The number of halogens is 1. The Kier molecular flexibility index (Phi) is 4.67. The molecule has 0 spiro atoms. The van der Waals surface area contributed by atoms with Gasteiger partial charge < -0.3 is 20.1 Å². The van der Waals surface area contributed by atoms with E-state index in [9.17, 15) is 9.90 Å². The number of rotatable bonds is 5. The van der Waals surface area contributed by atoms with Crippen LogP contribution in [-0.4, -0.2) is 37.3 Å². The Bertz CT molecular complexity index is 519. The molecule has 1 aromatic rings. The van der Waals surface area contributed by atoms with Crippen molar-refractivity contribution < 1.29 is 14.6 Å². The summed E-state index contributed by atoms with van der Waals surface area (Å²) in [5.41, 5.74) is 2.22. The molecular weight excluding hydrogens is 324 g/mol. The number of anilines is 2. The second-order valence-electron chi connectivity index (χ2n) is 5.12. The lowest BCUT2D eigenvalue weighted by Gasteiger charge is -2.22. The first-order valence-electron chi connectivity index (χ1n) is 6.55. The van der Waals surface area contributed by atoms with Crippen molar-refractivity contribution in [1.29, 1.82) is 0 Å². The lowest BCUT2D eigenvalue weighted by molar-refractivity contribution is -0.123. The average Bonchev–Trinajstić information content (AvgIpc) is 2.64. The van der Waals surface area contributed by atoms with E-state index in [0.29, 0.717) is 17.9 Å². The Labute approximate surface area is 127 Å². The molecule has 0 fully saturated rings. The second-order valence-corrected chi connectivity index (χ2v) is 5.98. The predicted octanol–water partition coefficient (Wildman–Crippen LogP) is 2.30. The largest absolute Gasteiger partial charge is 0.378 e. The van der Waals surface area contributed by atoms with Crippen molar-refractivity contribution in [3.8, 4) is 0 Å². The molecule has 1 unspecified atom stereocenters. The molecule has 1 aliphatic rings. The van der Waals surface area contributed by atoms with Crippen molar-refractivity contribution in [2.45, 2.75) is 26.1 Å². The van der Waals surface area contributed by atoms with E-state index in [4.69, 9.17) is 4.74 Å². The van der Waals surface area contributed by atoms with Crippen LogP contribution in [0.5, 0.6) is 0 Å². The summed E-state index contributed by atoms with van der Waals surface area (Å²) in [6.07, 6.45) is -0.869. The van der Waals surface area contributed by atoms with Gasteiger partial charge in [0.2, 0.25) is 0 Å². The molecule has 20 heavy (non-hydrogen) atoms. The van der Waals surface area contributed by atoms with Crippen LogP contribution in [0, 0.1) is 0 Å².